The summed E-state index contributed by atoms with van der Waals surface area (Å²) in [5.74, 6) is 1.96. The molecule has 0 aromatic heterocycles. The van der Waals surface area contributed by atoms with Crippen LogP contribution in [0.15, 0.2) is 16.6 Å². The molecule has 0 radical (unpaired) electrons. The zero-order valence-electron chi connectivity index (χ0n) is 21.7. The maximum Gasteiger partial charge on any atom is 0.250 e. The Labute approximate surface area is 201 Å². The molecule has 0 heterocycles. The van der Waals surface area contributed by atoms with Gasteiger partial charge in [0.25, 0.3) is 0 Å². The van der Waals surface area contributed by atoms with Gasteiger partial charge >= 0.3 is 0 Å². The molecule has 31 heavy (non-hydrogen) atoms. The van der Waals surface area contributed by atoms with Crippen LogP contribution in [0, 0.1) is 11.3 Å². The molecule has 1 N–H and O–H groups in total. The molecular weight excluding hydrogens is 484 g/mol. The fraction of sp³-hybridized carbons (Fsp3) is 0.760. The molecular formula is C25H45BrO3Si2. The Kier molecular flexibility index (Phi) is 7.65. The Morgan fingerprint density at radius 2 is 1.65 bits per heavy atom. The Morgan fingerprint density at radius 1 is 1.06 bits per heavy atom. The molecule has 0 bridgehead atoms. The highest BCUT2D eigenvalue weighted by Crippen LogP contribution is 2.54. The van der Waals surface area contributed by atoms with Crippen molar-refractivity contribution < 1.29 is 14.3 Å². The summed E-state index contributed by atoms with van der Waals surface area (Å²) in [5, 5.41) is 12.0. The second-order valence-electron chi connectivity index (χ2n) is 13.0. The zero-order chi connectivity index (χ0) is 24.0. The van der Waals surface area contributed by atoms with Crippen molar-refractivity contribution in [3.8, 4) is 11.5 Å². The highest BCUT2D eigenvalue weighted by Gasteiger charge is 2.53. The summed E-state index contributed by atoms with van der Waals surface area (Å²) in [6, 6.07) is 5.14. The minimum absolute atomic E-state index is 0.0863. The molecule has 1 aliphatic carbocycles. The fourth-order valence-electron chi connectivity index (χ4n) is 4.85. The van der Waals surface area contributed by atoms with Crippen molar-refractivity contribution in [1.29, 1.82) is 0 Å². The van der Waals surface area contributed by atoms with E-state index in [0.717, 1.165) is 46.8 Å². The minimum atomic E-state index is -2.01. The zero-order valence-corrected chi connectivity index (χ0v) is 25.3. The molecule has 2 atom stereocenters. The van der Waals surface area contributed by atoms with Crippen LogP contribution in [-0.2, 0) is 6.42 Å². The summed E-state index contributed by atoms with van der Waals surface area (Å²) in [7, 11) is -1.73. The molecule has 2 rings (SSSR count). The molecule has 1 saturated carbocycles. The van der Waals surface area contributed by atoms with E-state index in [1.165, 1.54) is 0 Å². The van der Waals surface area contributed by atoms with E-state index in [1.807, 2.05) is 0 Å². The lowest BCUT2D eigenvalue weighted by atomic mass is 9.74. The second kappa shape index (κ2) is 8.80. The standard InChI is InChI=1S/C25H45BrO3Si2/c1-23(2,3)31(10,11)29-20-16-19(26)21(28-6)14-18(20)15-22-24(4,5)12-13-25(22,27)17-30(7,8)9/h14,16,22,27H,12-13,15,17H2,1-11H3. The van der Waals surface area contributed by atoms with Crippen molar-refractivity contribution in [2.45, 2.75) is 103 Å². The second-order valence-corrected chi connectivity index (χ2v) is 24.1. The molecule has 1 aromatic rings. The van der Waals surface area contributed by atoms with E-state index in [9.17, 15) is 5.11 Å². The van der Waals surface area contributed by atoms with E-state index in [1.54, 1.807) is 7.11 Å². The highest BCUT2D eigenvalue weighted by atomic mass is 79.9. The Morgan fingerprint density at radius 3 is 2.13 bits per heavy atom. The summed E-state index contributed by atoms with van der Waals surface area (Å²) in [4.78, 5) is 0. The predicted molar refractivity (Wildman–Crippen MR) is 142 cm³/mol. The largest absolute Gasteiger partial charge is 0.543 e. The highest BCUT2D eigenvalue weighted by molar-refractivity contribution is 9.10. The maximum absolute atomic E-state index is 11.9. The number of hydrogen-bond acceptors (Lipinski definition) is 3. The number of halogens is 1. The fourth-order valence-corrected chi connectivity index (χ4v) is 8.64. The number of methoxy groups -OCH3 is 1. The lowest BCUT2D eigenvalue weighted by Gasteiger charge is -2.41. The van der Waals surface area contributed by atoms with Gasteiger partial charge in [0.2, 0.25) is 8.32 Å². The monoisotopic (exact) mass is 528 g/mol. The molecule has 3 nitrogen and oxygen atoms in total. The number of benzene rings is 1. The lowest BCUT2D eigenvalue weighted by molar-refractivity contribution is -0.00507. The van der Waals surface area contributed by atoms with E-state index in [-0.39, 0.29) is 16.4 Å². The number of aliphatic hydroxyl groups is 1. The average molecular weight is 530 g/mol. The van der Waals surface area contributed by atoms with Crippen LogP contribution < -0.4 is 9.16 Å². The van der Waals surface area contributed by atoms with Crippen LogP contribution in [0.1, 0.15) is 53.0 Å². The molecule has 1 fully saturated rings. The van der Waals surface area contributed by atoms with Crippen molar-refractivity contribution >= 4 is 32.3 Å². The summed E-state index contributed by atoms with van der Waals surface area (Å²) >= 11 is 3.66. The van der Waals surface area contributed by atoms with Crippen LogP contribution in [0.25, 0.3) is 0 Å². The molecule has 1 aliphatic rings. The third-order valence-electron chi connectivity index (χ3n) is 7.56. The molecule has 0 amide bonds. The van der Waals surface area contributed by atoms with Gasteiger partial charge in [-0.1, -0.05) is 54.3 Å². The van der Waals surface area contributed by atoms with Crippen molar-refractivity contribution in [1.82, 2.24) is 0 Å². The van der Waals surface area contributed by atoms with Crippen molar-refractivity contribution in [2.24, 2.45) is 11.3 Å². The first-order valence-electron chi connectivity index (χ1n) is 11.6. The SMILES string of the molecule is COc1cc(CC2C(C)(C)CCC2(O)C[Si](C)(C)C)c(O[Si](C)(C)C(C)(C)C)cc1Br. The Hall–Kier alpha value is -0.306. The third-order valence-corrected chi connectivity index (χ3v) is 14.2. The van der Waals surface area contributed by atoms with Gasteiger partial charge in [0.1, 0.15) is 11.5 Å². The summed E-state index contributed by atoms with van der Waals surface area (Å²) in [6.45, 7) is 23.1. The van der Waals surface area contributed by atoms with Gasteiger partial charge in [-0.3, -0.25) is 0 Å². The Bertz CT molecular complexity index is 793. The van der Waals surface area contributed by atoms with Crippen LogP contribution in [0.2, 0.25) is 43.8 Å². The molecule has 1 aromatic carbocycles. The van der Waals surface area contributed by atoms with Gasteiger partial charge in [-0.2, -0.15) is 0 Å². The predicted octanol–water partition coefficient (Wildman–Crippen LogP) is 7.89. The van der Waals surface area contributed by atoms with Crippen molar-refractivity contribution in [3.63, 3.8) is 0 Å². The lowest BCUT2D eigenvalue weighted by Crippen LogP contribution is -2.45. The van der Waals surface area contributed by atoms with Gasteiger partial charge in [0, 0.05) is 8.07 Å². The van der Waals surface area contributed by atoms with E-state index in [0.29, 0.717) is 0 Å². The number of hydrogen-bond donors (Lipinski definition) is 1. The molecule has 0 saturated heterocycles. The van der Waals surface area contributed by atoms with Crippen molar-refractivity contribution in [2.75, 3.05) is 7.11 Å². The van der Waals surface area contributed by atoms with Crippen LogP contribution in [-0.4, -0.2) is 34.2 Å². The van der Waals surface area contributed by atoms with Gasteiger partial charge < -0.3 is 14.3 Å². The van der Waals surface area contributed by atoms with Crippen LogP contribution >= 0.6 is 15.9 Å². The van der Waals surface area contributed by atoms with Crippen LogP contribution in [0.3, 0.4) is 0 Å². The molecule has 2 unspecified atom stereocenters. The molecule has 0 aliphatic heterocycles. The van der Waals surface area contributed by atoms with E-state index >= 15 is 0 Å². The van der Waals surface area contributed by atoms with Crippen LogP contribution in [0.5, 0.6) is 11.5 Å². The quantitative estimate of drug-likeness (QED) is 0.365. The van der Waals surface area contributed by atoms with Gasteiger partial charge in [-0.25, -0.2) is 0 Å². The van der Waals surface area contributed by atoms with E-state index in [4.69, 9.17) is 9.16 Å². The number of rotatable bonds is 7. The first-order chi connectivity index (χ1) is 13.8. The average Bonchev–Trinajstić information content (AvgIpc) is 2.77. The normalized spacial score (nSPS) is 24.4. The molecule has 6 heteroatoms. The number of ether oxygens (including phenoxy) is 1. The summed E-state index contributed by atoms with van der Waals surface area (Å²) in [6.07, 6.45) is 2.76. The van der Waals surface area contributed by atoms with Gasteiger partial charge in [-0.15, -0.1) is 0 Å². The van der Waals surface area contributed by atoms with Crippen molar-refractivity contribution in [3.05, 3.63) is 22.2 Å². The smallest absolute Gasteiger partial charge is 0.250 e. The first-order valence-corrected chi connectivity index (χ1v) is 19.0. The molecule has 0 spiro atoms. The summed E-state index contributed by atoms with van der Waals surface area (Å²) < 4.78 is 13.4. The van der Waals surface area contributed by atoms with Gasteiger partial charge in [0.05, 0.1) is 17.2 Å². The molecule has 178 valence electrons. The van der Waals surface area contributed by atoms with E-state index in [2.05, 4.69) is 95.4 Å². The topological polar surface area (TPSA) is 38.7 Å². The van der Waals surface area contributed by atoms with Crippen LogP contribution in [0.4, 0.5) is 0 Å². The third kappa shape index (κ3) is 6.18. The van der Waals surface area contributed by atoms with Gasteiger partial charge in [-0.05, 0) is 88.4 Å². The maximum atomic E-state index is 11.9. The summed E-state index contributed by atoms with van der Waals surface area (Å²) in [5.41, 5.74) is 0.629. The van der Waals surface area contributed by atoms with E-state index < -0.39 is 22.0 Å². The Balaban J connectivity index is 2.53. The first kappa shape index (κ1) is 26.9. The van der Waals surface area contributed by atoms with Gasteiger partial charge in [0.15, 0.2) is 0 Å². The minimum Gasteiger partial charge on any atom is -0.543 e.